The molecule has 4 aromatic rings. The van der Waals surface area contributed by atoms with Gasteiger partial charge in [0.15, 0.2) is 0 Å². The minimum atomic E-state index is 0.694. The van der Waals surface area contributed by atoms with Crippen LogP contribution in [-0.4, -0.2) is 20.2 Å². The Morgan fingerprint density at radius 1 is 0.833 bits per heavy atom. The first-order valence-electron chi connectivity index (χ1n) is 7.31. The molecule has 0 amide bonds. The number of fused-ring (bicyclic) bond motifs is 1. The highest BCUT2D eigenvalue weighted by Gasteiger charge is 2.02. The quantitative estimate of drug-likeness (QED) is 0.511. The van der Waals surface area contributed by atoms with E-state index >= 15 is 0 Å². The molecular weight excluding hydrogens is 324 g/mol. The molecule has 0 radical (unpaired) electrons. The SMILES string of the molecule is Clc1ccc(Nc2cc(Nc3ccc4[nH]ncc4c3)ncn2)cc1. The molecule has 0 aliphatic rings. The van der Waals surface area contributed by atoms with Crippen molar-refractivity contribution in [2.75, 3.05) is 10.6 Å². The second kappa shape index (κ2) is 6.17. The van der Waals surface area contributed by atoms with Crippen molar-refractivity contribution in [1.82, 2.24) is 20.2 Å². The van der Waals surface area contributed by atoms with Crippen molar-refractivity contribution in [3.05, 3.63) is 66.1 Å². The van der Waals surface area contributed by atoms with E-state index in [0.717, 1.165) is 22.3 Å². The van der Waals surface area contributed by atoms with E-state index < -0.39 is 0 Å². The lowest BCUT2D eigenvalue weighted by atomic mass is 10.2. The Morgan fingerprint density at radius 3 is 2.33 bits per heavy atom. The summed E-state index contributed by atoms with van der Waals surface area (Å²) in [7, 11) is 0. The largest absolute Gasteiger partial charge is 0.340 e. The lowest BCUT2D eigenvalue weighted by Crippen LogP contribution is -1.98. The molecule has 6 nitrogen and oxygen atoms in total. The van der Waals surface area contributed by atoms with Gasteiger partial charge in [-0.15, -0.1) is 0 Å². The molecule has 0 saturated heterocycles. The number of rotatable bonds is 4. The molecule has 4 rings (SSSR count). The van der Waals surface area contributed by atoms with Crippen molar-refractivity contribution < 1.29 is 0 Å². The summed E-state index contributed by atoms with van der Waals surface area (Å²) in [4.78, 5) is 8.48. The van der Waals surface area contributed by atoms with Gasteiger partial charge in [0.05, 0.1) is 11.7 Å². The van der Waals surface area contributed by atoms with Crippen LogP contribution in [0.3, 0.4) is 0 Å². The molecule has 0 bridgehead atoms. The molecule has 2 aromatic heterocycles. The minimum absolute atomic E-state index is 0.694. The maximum Gasteiger partial charge on any atom is 0.135 e. The van der Waals surface area contributed by atoms with Crippen LogP contribution < -0.4 is 10.6 Å². The van der Waals surface area contributed by atoms with Gasteiger partial charge in [-0.05, 0) is 42.5 Å². The predicted octanol–water partition coefficient (Wildman–Crippen LogP) is 4.49. The van der Waals surface area contributed by atoms with Crippen LogP contribution in [0, 0.1) is 0 Å². The third-order valence-corrected chi connectivity index (χ3v) is 3.75. The Kier molecular flexibility index (Phi) is 3.72. The second-order valence-electron chi connectivity index (χ2n) is 5.22. The molecule has 118 valence electrons. The van der Waals surface area contributed by atoms with Crippen LogP contribution in [-0.2, 0) is 0 Å². The summed E-state index contributed by atoms with van der Waals surface area (Å²) in [5.74, 6) is 1.39. The third kappa shape index (κ3) is 3.13. The number of benzene rings is 2. The predicted molar refractivity (Wildman–Crippen MR) is 96.1 cm³/mol. The minimum Gasteiger partial charge on any atom is -0.340 e. The highest BCUT2D eigenvalue weighted by atomic mass is 35.5. The van der Waals surface area contributed by atoms with Crippen LogP contribution in [0.1, 0.15) is 0 Å². The first-order valence-corrected chi connectivity index (χ1v) is 7.69. The van der Waals surface area contributed by atoms with Gasteiger partial charge >= 0.3 is 0 Å². The molecule has 7 heteroatoms. The zero-order chi connectivity index (χ0) is 16.4. The molecule has 2 aromatic carbocycles. The van der Waals surface area contributed by atoms with E-state index in [1.54, 1.807) is 6.20 Å². The van der Waals surface area contributed by atoms with E-state index in [4.69, 9.17) is 11.6 Å². The van der Waals surface area contributed by atoms with Crippen LogP contribution in [0.4, 0.5) is 23.0 Å². The summed E-state index contributed by atoms with van der Waals surface area (Å²) in [5, 5.41) is 15.2. The van der Waals surface area contributed by atoms with Gasteiger partial charge in [-0.25, -0.2) is 9.97 Å². The standard InChI is InChI=1S/C17H13ClN6/c18-12-1-3-13(4-2-12)22-16-8-17(20-10-19-16)23-14-5-6-15-11(7-14)9-21-24-15/h1-10H,(H,21,24)(H2,19,20,22,23). The number of nitrogens with one attached hydrogen (secondary N) is 3. The van der Waals surface area contributed by atoms with Gasteiger partial charge in [0.25, 0.3) is 0 Å². The molecule has 3 N–H and O–H groups in total. The number of H-pyrrole nitrogens is 1. The first kappa shape index (κ1) is 14.5. The van der Waals surface area contributed by atoms with Crippen molar-refractivity contribution in [2.45, 2.75) is 0 Å². The van der Waals surface area contributed by atoms with Gasteiger partial charge < -0.3 is 10.6 Å². The monoisotopic (exact) mass is 336 g/mol. The normalized spacial score (nSPS) is 10.7. The summed E-state index contributed by atoms with van der Waals surface area (Å²) in [6, 6.07) is 15.2. The Morgan fingerprint density at radius 2 is 1.54 bits per heavy atom. The molecular formula is C17H13ClN6. The summed E-state index contributed by atoms with van der Waals surface area (Å²) in [6.45, 7) is 0. The van der Waals surface area contributed by atoms with Crippen molar-refractivity contribution in [1.29, 1.82) is 0 Å². The van der Waals surface area contributed by atoms with Gasteiger partial charge in [0, 0.05) is 27.8 Å². The van der Waals surface area contributed by atoms with E-state index in [9.17, 15) is 0 Å². The summed E-state index contributed by atoms with van der Waals surface area (Å²) < 4.78 is 0. The molecule has 0 unspecified atom stereocenters. The third-order valence-electron chi connectivity index (χ3n) is 3.50. The molecule has 2 heterocycles. The van der Waals surface area contributed by atoms with Gasteiger partial charge in [0.1, 0.15) is 18.0 Å². The second-order valence-corrected chi connectivity index (χ2v) is 5.65. The van der Waals surface area contributed by atoms with Crippen LogP contribution in [0.15, 0.2) is 61.1 Å². The average molecular weight is 337 g/mol. The maximum atomic E-state index is 5.89. The highest BCUT2D eigenvalue weighted by Crippen LogP contribution is 2.22. The Balaban J connectivity index is 1.54. The zero-order valence-electron chi connectivity index (χ0n) is 12.5. The number of aromatic nitrogens is 4. The fourth-order valence-corrected chi connectivity index (χ4v) is 2.47. The van der Waals surface area contributed by atoms with Crippen LogP contribution in [0.2, 0.25) is 5.02 Å². The van der Waals surface area contributed by atoms with E-state index in [1.165, 1.54) is 6.33 Å². The van der Waals surface area contributed by atoms with Gasteiger partial charge in [-0.3, -0.25) is 5.10 Å². The van der Waals surface area contributed by atoms with Crippen molar-refractivity contribution in [2.24, 2.45) is 0 Å². The number of nitrogens with zero attached hydrogens (tertiary/aromatic N) is 3. The molecule has 0 saturated carbocycles. The number of anilines is 4. The Hall–Kier alpha value is -3.12. The highest BCUT2D eigenvalue weighted by molar-refractivity contribution is 6.30. The van der Waals surface area contributed by atoms with Crippen molar-refractivity contribution in [3.63, 3.8) is 0 Å². The van der Waals surface area contributed by atoms with E-state index in [0.29, 0.717) is 16.7 Å². The van der Waals surface area contributed by atoms with Crippen LogP contribution >= 0.6 is 11.6 Å². The number of halogens is 1. The lowest BCUT2D eigenvalue weighted by molar-refractivity contribution is 1.12. The maximum absolute atomic E-state index is 5.89. The van der Waals surface area contributed by atoms with Crippen LogP contribution in [0.5, 0.6) is 0 Å². The number of hydrogen-bond acceptors (Lipinski definition) is 5. The molecule has 0 spiro atoms. The van der Waals surface area contributed by atoms with Gasteiger partial charge in [-0.1, -0.05) is 11.6 Å². The number of aromatic amines is 1. The fraction of sp³-hybridized carbons (Fsp3) is 0. The molecule has 0 aliphatic heterocycles. The zero-order valence-corrected chi connectivity index (χ0v) is 13.2. The van der Waals surface area contributed by atoms with Gasteiger partial charge in [0.2, 0.25) is 0 Å². The number of hydrogen-bond donors (Lipinski definition) is 3. The fourth-order valence-electron chi connectivity index (χ4n) is 2.34. The van der Waals surface area contributed by atoms with Crippen molar-refractivity contribution in [3.8, 4) is 0 Å². The summed E-state index contributed by atoms with van der Waals surface area (Å²) in [6.07, 6.45) is 3.30. The average Bonchev–Trinajstić information content (AvgIpc) is 3.05. The van der Waals surface area contributed by atoms with E-state index in [2.05, 4.69) is 30.8 Å². The van der Waals surface area contributed by atoms with Gasteiger partial charge in [-0.2, -0.15) is 5.10 Å². The smallest absolute Gasteiger partial charge is 0.135 e. The molecule has 0 aliphatic carbocycles. The van der Waals surface area contributed by atoms with Crippen LogP contribution in [0.25, 0.3) is 10.9 Å². The Bertz CT molecular complexity index is 980. The first-order chi connectivity index (χ1) is 11.8. The molecule has 0 fully saturated rings. The topological polar surface area (TPSA) is 78.5 Å². The van der Waals surface area contributed by atoms with E-state index in [1.807, 2.05) is 48.5 Å². The summed E-state index contributed by atoms with van der Waals surface area (Å²) in [5.41, 5.74) is 2.83. The van der Waals surface area contributed by atoms with Crippen molar-refractivity contribution >= 4 is 45.5 Å². The van der Waals surface area contributed by atoms with E-state index in [-0.39, 0.29) is 0 Å². The molecule has 0 atom stereocenters. The Labute approximate surface area is 142 Å². The molecule has 24 heavy (non-hydrogen) atoms. The lowest BCUT2D eigenvalue weighted by Gasteiger charge is -2.09. The summed E-state index contributed by atoms with van der Waals surface area (Å²) >= 11 is 5.89.